The summed E-state index contributed by atoms with van der Waals surface area (Å²) in [5, 5.41) is 7.70. The first-order valence-electron chi connectivity index (χ1n) is 7.40. The van der Waals surface area contributed by atoms with Crippen molar-refractivity contribution < 1.29 is 4.74 Å². The van der Waals surface area contributed by atoms with Gasteiger partial charge in [0.25, 0.3) is 0 Å². The predicted molar refractivity (Wildman–Crippen MR) is 87.6 cm³/mol. The van der Waals surface area contributed by atoms with Crippen molar-refractivity contribution in [1.29, 1.82) is 0 Å². The Hall–Kier alpha value is -1.98. The van der Waals surface area contributed by atoms with Gasteiger partial charge in [0.05, 0.1) is 12.3 Å². The van der Waals surface area contributed by atoms with E-state index in [-0.39, 0.29) is 5.43 Å². The van der Waals surface area contributed by atoms with Gasteiger partial charge in [-0.25, -0.2) is 4.68 Å². The van der Waals surface area contributed by atoms with E-state index >= 15 is 0 Å². The Bertz CT molecular complexity index is 708. The van der Waals surface area contributed by atoms with E-state index in [9.17, 15) is 4.79 Å². The molecule has 0 fully saturated rings. The van der Waals surface area contributed by atoms with E-state index < -0.39 is 0 Å². The number of aromatic nitrogens is 2. The molecule has 5 heteroatoms. The zero-order chi connectivity index (χ0) is 16.1. The minimum atomic E-state index is -0.0385. The van der Waals surface area contributed by atoms with Gasteiger partial charge in [0, 0.05) is 32.0 Å². The molecule has 0 amide bonds. The zero-order valence-corrected chi connectivity index (χ0v) is 13.6. The maximum absolute atomic E-state index is 12.1. The summed E-state index contributed by atoms with van der Waals surface area (Å²) in [6.07, 6.45) is 0. The number of hydrogen-bond acceptors (Lipinski definition) is 4. The number of ether oxygens (including phenoxy) is 1. The molecule has 0 saturated carbocycles. The van der Waals surface area contributed by atoms with Gasteiger partial charge in [0.1, 0.15) is 5.69 Å². The van der Waals surface area contributed by atoms with E-state index in [1.165, 1.54) is 5.56 Å². The standard InChI is InChI=1S/C17H23N3O2/c1-12-5-6-16(13(2)9-12)20-14(3)10-17(21)15(19-20)11-18-7-8-22-4/h5-6,9-10,18H,7-8,11H2,1-4H3. The van der Waals surface area contributed by atoms with Gasteiger partial charge < -0.3 is 10.1 Å². The first kappa shape index (κ1) is 16.4. The van der Waals surface area contributed by atoms with E-state index in [1.807, 2.05) is 17.7 Å². The summed E-state index contributed by atoms with van der Waals surface area (Å²) in [7, 11) is 1.65. The topological polar surface area (TPSA) is 56.1 Å². The number of hydrogen-bond donors (Lipinski definition) is 1. The minimum absolute atomic E-state index is 0.0385. The Morgan fingerprint density at radius 2 is 2.00 bits per heavy atom. The van der Waals surface area contributed by atoms with Crippen LogP contribution in [0.5, 0.6) is 0 Å². The van der Waals surface area contributed by atoms with Crippen molar-refractivity contribution in [2.24, 2.45) is 0 Å². The van der Waals surface area contributed by atoms with Gasteiger partial charge in [-0.3, -0.25) is 4.79 Å². The van der Waals surface area contributed by atoms with Gasteiger partial charge in [-0.1, -0.05) is 17.7 Å². The molecule has 0 aliphatic rings. The van der Waals surface area contributed by atoms with Crippen LogP contribution in [-0.4, -0.2) is 30.0 Å². The van der Waals surface area contributed by atoms with Crippen molar-refractivity contribution in [3.8, 4) is 5.69 Å². The molecule has 0 aliphatic carbocycles. The molecule has 2 rings (SSSR count). The smallest absolute Gasteiger partial charge is 0.204 e. The molecule has 1 aromatic heterocycles. The molecule has 5 nitrogen and oxygen atoms in total. The van der Waals surface area contributed by atoms with Gasteiger partial charge in [0.15, 0.2) is 0 Å². The Morgan fingerprint density at radius 3 is 2.68 bits per heavy atom. The van der Waals surface area contributed by atoms with Crippen molar-refractivity contribution in [1.82, 2.24) is 15.1 Å². The van der Waals surface area contributed by atoms with Crippen LogP contribution in [0.1, 0.15) is 22.5 Å². The van der Waals surface area contributed by atoms with Crippen molar-refractivity contribution >= 4 is 0 Å². The lowest BCUT2D eigenvalue weighted by molar-refractivity contribution is 0.199. The quantitative estimate of drug-likeness (QED) is 0.828. The number of nitrogens with zero attached hydrogens (tertiary/aromatic N) is 2. The maximum atomic E-state index is 12.1. The molecule has 2 aromatic rings. The largest absolute Gasteiger partial charge is 0.383 e. The van der Waals surface area contributed by atoms with Gasteiger partial charge in [-0.05, 0) is 32.4 Å². The third-order valence-electron chi connectivity index (χ3n) is 3.54. The predicted octanol–water partition coefficient (Wildman–Crippen LogP) is 1.89. The lowest BCUT2D eigenvalue weighted by Gasteiger charge is -2.14. The van der Waals surface area contributed by atoms with Crippen molar-refractivity contribution in [2.45, 2.75) is 27.3 Å². The van der Waals surface area contributed by atoms with Crippen LogP contribution in [0.15, 0.2) is 29.1 Å². The SMILES string of the molecule is COCCNCc1nn(-c2ccc(C)cc2C)c(C)cc1=O. The van der Waals surface area contributed by atoms with Crippen LogP contribution in [0, 0.1) is 20.8 Å². The van der Waals surface area contributed by atoms with E-state index in [0.717, 1.165) is 16.9 Å². The first-order valence-corrected chi connectivity index (χ1v) is 7.40. The van der Waals surface area contributed by atoms with Crippen molar-refractivity contribution in [3.05, 3.63) is 57.0 Å². The summed E-state index contributed by atoms with van der Waals surface area (Å²) in [4.78, 5) is 12.1. The van der Waals surface area contributed by atoms with Crippen LogP contribution in [0.4, 0.5) is 0 Å². The van der Waals surface area contributed by atoms with Crippen molar-refractivity contribution in [2.75, 3.05) is 20.3 Å². The second-order valence-electron chi connectivity index (χ2n) is 5.47. The Labute approximate surface area is 130 Å². The summed E-state index contributed by atoms with van der Waals surface area (Å²) >= 11 is 0. The van der Waals surface area contributed by atoms with Gasteiger partial charge >= 0.3 is 0 Å². The maximum Gasteiger partial charge on any atom is 0.204 e. The normalized spacial score (nSPS) is 10.9. The molecule has 1 N–H and O–H groups in total. The minimum Gasteiger partial charge on any atom is -0.383 e. The highest BCUT2D eigenvalue weighted by molar-refractivity contribution is 5.42. The average Bonchev–Trinajstić information content (AvgIpc) is 2.46. The summed E-state index contributed by atoms with van der Waals surface area (Å²) in [6, 6.07) is 7.85. The molecule has 0 saturated heterocycles. The lowest BCUT2D eigenvalue weighted by atomic mass is 10.1. The Morgan fingerprint density at radius 1 is 1.23 bits per heavy atom. The highest BCUT2D eigenvalue weighted by Gasteiger charge is 2.09. The molecular formula is C17H23N3O2. The van der Waals surface area contributed by atoms with Crippen LogP contribution in [0.25, 0.3) is 5.69 Å². The molecule has 0 atom stereocenters. The van der Waals surface area contributed by atoms with Crippen LogP contribution < -0.4 is 10.7 Å². The molecule has 22 heavy (non-hydrogen) atoms. The average molecular weight is 301 g/mol. The van der Waals surface area contributed by atoms with Crippen LogP contribution in [0.3, 0.4) is 0 Å². The highest BCUT2D eigenvalue weighted by atomic mass is 16.5. The fourth-order valence-electron chi connectivity index (χ4n) is 2.37. The molecule has 0 aliphatic heterocycles. The Kier molecular flexibility index (Phi) is 5.46. The second-order valence-corrected chi connectivity index (χ2v) is 5.47. The molecule has 118 valence electrons. The number of rotatable bonds is 6. The lowest BCUT2D eigenvalue weighted by Crippen LogP contribution is -2.26. The summed E-state index contributed by atoms with van der Waals surface area (Å²) in [5.41, 5.74) is 4.66. The van der Waals surface area contributed by atoms with Crippen molar-refractivity contribution in [3.63, 3.8) is 0 Å². The fraction of sp³-hybridized carbons (Fsp3) is 0.412. The summed E-state index contributed by atoms with van der Waals surface area (Å²) < 4.78 is 6.82. The monoisotopic (exact) mass is 301 g/mol. The Balaban J connectivity index is 2.33. The molecule has 0 spiro atoms. The van der Waals surface area contributed by atoms with Crippen LogP contribution in [0.2, 0.25) is 0 Å². The first-order chi connectivity index (χ1) is 10.5. The van der Waals surface area contributed by atoms with Gasteiger partial charge in [0.2, 0.25) is 5.43 Å². The van der Waals surface area contributed by atoms with Crippen LogP contribution in [-0.2, 0) is 11.3 Å². The second kappa shape index (κ2) is 7.33. The van der Waals surface area contributed by atoms with Crippen LogP contribution >= 0.6 is 0 Å². The molecular weight excluding hydrogens is 278 g/mol. The van der Waals surface area contributed by atoms with E-state index in [1.54, 1.807) is 13.2 Å². The van der Waals surface area contributed by atoms with Gasteiger partial charge in [-0.15, -0.1) is 0 Å². The number of methoxy groups -OCH3 is 1. The summed E-state index contributed by atoms with van der Waals surface area (Å²) in [6.45, 7) is 7.75. The molecule has 1 aromatic carbocycles. The third-order valence-corrected chi connectivity index (χ3v) is 3.54. The zero-order valence-electron chi connectivity index (χ0n) is 13.6. The number of aryl methyl sites for hydroxylation is 3. The summed E-state index contributed by atoms with van der Waals surface area (Å²) in [5.74, 6) is 0. The van der Waals surface area contributed by atoms with E-state index in [2.05, 4.69) is 36.4 Å². The fourth-order valence-corrected chi connectivity index (χ4v) is 2.37. The van der Waals surface area contributed by atoms with E-state index in [4.69, 9.17) is 4.74 Å². The molecule has 0 radical (unpaired) electrons. The molecule has 0 unspecified atom stereocenters. The highest BCUT2D eigenvalue weighted by Crippen LogP contribution is 2.15. The van der Waals surface area contributed by atoms with Gasteiger partial charge in [-0.2, -0.15) is 5.10 Å². The number of benzene rings is 1. The number of nitrogens with one attached hydrogen (secondary N) is 1. The van der Waals surface area contributed by atoms with E-state index in [0.29, 0.717) is 25.4 Å². The third kappa shape index (κ3) is 3.81. The molecule has 1 heterocycles. The molecule has 0 bridgehead atoms.